The summed E-state index contributed by atoms with van der Waals surface area (Å²) in [5.74, 6) is 0. The van der Waals surface area contributed by atoms with Gasteiger partial charge in [0.05, 0.1) is 34.6 Å². The number of hydrogen-bond acceptors (Lipinski definition) is 3. The number of benzene rings is 2. The van der Waals surface area contributed by atoms with Crippen molar-refractivity contribution in [3.05, 3.63) is 53.9 Å². The summed E-state index contributed by atoms with van der Waals surface area (Å²) < 4.78 is 0. The number of hydrogen-bond donors (Lipinski definition) is 2. The van der Waals surface area contributed by atoms with Gasteiger partial charge in [0.1, 0.15) is 0 Å². The molecule has 26 heavy (non-hydrogen) atoms. The zero-order chi connectivity index (χ0) is 17.1. The summed E-state index contributed by atoms with van der Waals surface area (Å²) in [6, 6.07) is 10.6. The lowest BCUT2D eigenvalue weighted by molar-refractivity contribution is 0.689. The molecule has 6 rings (SSSR count). The molecule has 1 aliphatic carbocycles. The fraction of sp³-hybridized carbons (Fsp3) is 0.190. The highest BCUT2D eigenvalue weighted by atomic mass is 15.1. The van der Waals surface area contributed by atoms with E-state index in [0.717, 1.165) is 40.5 Å². The van der Waals surface area contributed by atoms with Gasteiger partial charge in [-0.05, 0) is 61.1 Å². The molecule has 5 nitrogen and oxygen atoms in total. The minimum absolute atomic E-state index is 1.06. The smallest absolute Gasteiger partial charge is 0.0744 e. The van der Waals surface area contributed by atoms with E-state index in [1.807, 2.05) is 12.4 Å². The average molecular weight is 339 g/mol. The molecule has 0 unspecified atom stereocenters. The minimum Gasteiger partial charge on any atom is -0.278 e. The van der Waals surface area contributed by atoms with Crippen LogP contribution >= 0.6 is 0 Å². The van der Waals surface area contributed by atoms with E-state index in [0.29, 0.717) is 0 Å². The second kappa shape index (κ2) is 5.14. The Kier molecular flexibility index (Phi) is 2.77. The molecule has 0 aliphatic heterocycles. The molecule has 0 amide bonds. The Balaban J connectivity index is 1.71. The van der Waals surface area contributed by atoms with Crippen molar-refractivity contribution in [1.82, 2.24) is 25.4 Å². The predicted molar refractivity (Wildman–Crippen MR) is 103 cm³/mol. The summed E-state index contributed by atoms with van der Waals surface area (Å²) >= 11 is 0. The van der Waals surface area contributed by atoms with Gasteiger partial charge in [-0.15, -0.1) is 0 Å². The molecule has 0 bridgehead atoms. The molecule has 2 aromatic carbocycles. The molecule has 0 radical (unpaired) electrons. The Morgan fingerprint density at radius 3 is 2.58 bits per heavy atom. The quantitative estimate of drug-likeness (QED) is 0.471. The van der Waals surface area contributed by atoms with Gasteiger partial charge in [0.2, 0.25) is 0 Å². The maximum absolute atomic E-state index is 5.11. The number of nitrogens with zero attached hydrogens (tertiary/aromatic N) is 3. The van der Waals surface area contributed by atoms with Crippen LogP contribution in [0, 0.1) is 0 Å². The van der Waals surface area contributed by atoms with E-state index in [-0.39, 0.29) is 0 Å². The molecule has 0 fully saturated rings. The molecule has 3 aromatic heterocycles. The van der Waals surface area contributed by atoms with Crippen molar-refractivity contribution in [2.24, 2.45) is 0 Å². The lowest BCUT2D eigenvalue weighted by Gasteiger charge is -2.21. The first-order valence-electron chi connectivity index (χ1n) is 9.09. The maximum Gasteiger partial charge on any atom is 0.0744 e. The normalized spacial score (nSPS) is 14.3. The van der Waals surface area contributed by atoms with Crippen LogP contribution in [0.15, 0.2) is 42.7 Å². The van der Waals surface area contributed by atoms with Gasteiger partial charge < -0.3 is 0 Å². The van der Waals surface area contributed by atoms with Crippen LogP contribution in [0.1, 0.15) is 24.0 Å². The van der Waals surface area contributed by atoms with E-state index in [2.05, 4.69) is 50.7 Å². The van der Waals surface area contributed by atoms with Gasteiger partial charge in [-0.1, -0.05) is 6.07 Å². The third kappa shape index (κ3) is 1.88. The van der Waals surface area contributed by atoms with Crippen molar-refractivity contribution in [1.29, 1.82) is 0 Å². The predicted octanol–water partition coefficient (Wildman–Crippen LogP) is 4.53. The number of aromatic amines is 2. The molecule has 0 saturated heterocycles. The van der Waals surface area contributed by atoms with Crippen LogP contribution in [0.25, 0.3) is 44.0 Å². The summed E-state index contributed by atoms with van der Waals surface area (Å²) in [4.78, 5) is 5.11. The number of rotatable bonds is 1. The Morgan fingerprint density at radius 2 is 1.62 bits per heavy atom. The van der Waals surface area contributed by atoms with Crippen LogP contribution in [0.2, 0.25) is 0 Å². The third-order valence-electron chi connectivity index (χ3n) is 5.60. The molecule has 2 N–H and O–H groups in total. The number of nitrogens with one attached hydrogen (secondary N) is 2. The van der Waals surface area contributed by atoms with Crippen molar-refractivity contribution in [2.75, 3.05) is 0 Å². The van der Waals surface area contributed by atoms with Crippen molar-refractivity contribution in [3.8, 4) is 11.3 Å². The van der Waals surface area contributed by atoms with Crippen LogP contribution in [-0.4, -0.2) is 25.4 Å². The third-order valence-corrected chi connectivity index (χ3v) is 5.60. The minimum atomic E-state index is 1.06. The summed E-state index contributed by atoms with van der Waals surface area (Å²) in [5.41, 5.74) is 8.35. The number of fused-ring (bicyclic) bond motifs is 6. The van der Waals surface area contributed by atoms with Gasteiger partial charge in [-0.3, -0.25) is 10.2 Å². The van der Waals surface area contributed by atoms with E-state index in [4.69, 9.17) is 4.98 Å². The van der Waals surface area contributed by atoms with E-state index in [1.165, 1.54) is 40.3 Å². The first-order chi connectivity index (χ1) is 12.9. The van der Waals surface area contributed by atoms with Gasteiger partial charge in [0.15, 0.2) is 0 Å². The topological polar surface area (TPSA) is 70.2 Å². The van der Waals surface area contributed by atoms with E-state index < -0.39 is 0 Å². The molecule has 0 atom stereocenters. The van der Waals surface area contributed by atoms with Gasteiger partial charge in [-0.2, -0.15) is 10.2 Å². The fourth-order valence-corrected chi connectivity index (χ4v) is 4.38. The van der Waals surface area contributed by atoms with Crippen molar-refractivity contribution >= 4 is 32.7 Å². The fourth-order valence-electron chi connectivity index (χ4n) is 4.38. The van der Waals surface area contributed by atoms with Crippen LogP contribution in [-0.2, 0) is 12.8 Å². The van der Waals surface area contributed by atoms with Crippen LogP contribution in [0.3, 0.4) is 0 Å². The van der Waals surface area contributed by atoms with Crippen molar-refractivity contribution in [3.63, 3.8) is 0 Å². The van der Waals surface area contributed by atoms with Gasteiger partial charge in [0, 0.05) is 21.7 Å². The molecule has 126 valence electrons. The number of pyridine rings is 1. The summed E-state index contributed by atoms with van der Waals surface area (Å²) in [6.45, 7) is 0. The molecule has 1 aliphatic rings. The van der Waals surface area contributed by atoms with Crippen molar-refractivity contribution in [2.45, 2.75) is 25.7 Å². The monoisotopic (exact) mass is 339 g/mol. The van der Waals surface area contributed by atoms with Crippen molar-refractivity contribution < 1.29 is 0 Å². The molecule has 5 aromatic rings. The summed E-state index contributed by atoms with van der Waals surface area (Å²) in [5, 5.41) is 18.1. The second-order valence-corrected chi connectivity index (χ2v) is 7.09. The van der Waals surface area contributed by atoms with Gasteiger partial charge in [-0.25, -0.2) is 4.98 Å². The highest BCUT2D eigenvalue weighted by Gasteiger charge is 2.21. The molecular weight excluding hydrogens is 322 g/mol. The summed E-state index contributed by atoms with van der Waals surface area (Å²) in [6.07, 6.45) is 8.47. The van der Waals surface area contributed by atoms with Gasteiger partial charge >= 0.3 is 0 Å². The van der Waals surface area contributed by atoms with Crippen LogP contribution < -0.4 is 0 Å². The first-order valence-corrected chi connectivity index (χ1v) is 9.09. The number of H-pyrrole nitrogens is 2. The van der Waals surface area contributed by atoms with Crippen LogP contribution in [0.4, 0.5) is 0 Å². The lowest BCUT2D eigenvalue weighted by Crippen LogP contribution is -2.07. The lowest BCUT2D eigenvalue weighted by atomic mass is 9.85. The highest BCUT2D eigenvalue weighted by molar-refractivity contribution is 6.07. The van der Waals surface area contributed by atoms with Gasteiger partial charge in [0.25, 0.3) is 0 Å². The highest BCUT2D eigenvalue weighted by Crippen LogP contribution is 2.38. The molecule has 3 heterocycles. The van der Waals surface area contributed by atoms with E-state index in [1.54, 1.807) is 0 Å². The van der Waals surface area contributed by atoms with E-state index >= 15 is 0 Å². The van der Waals surface area contributed by atoms with E-state index in [9.17, 15) is 0 Å². The molecule has 0 spiro atoms. The zero-order valence-electron chi connectivity index (χ0n) is 14.2. The Morgan fingerprint density at radius 1 is 0.808 bits per heavy atom. The number of aromatic nitrogens is 5. The largest absolute Gasteiger partial charge is 0.278 e. The molecule has 5 heteroatoms. The average Bonchev–Trinajstić information content (AvgIpc) is 3.35. The Bertz CT molecular complexity index is 1290. The van der Waals surface area contributed by atoms with Crippen LogP contribution in [0.5, 0.6) is 0 Å². The Hall–Kier alpha value is -3.21. The Labute approximate surface area is 149 Å². The summed E-state index contributed by atoms with van der Waals surface area (Å²) in [7, 11) is 0. The maximum atomic E-state index is 5.11. The SMILES string of the molecule is c1cc2[nH]ncc2cc1-c1nc2ccc3[nH]ncc3c2c2c1CCCC2. The molecule has 0 saturated carbocycles. The standard InChI is InChI=1S/C21H17N5/c1-2-4-15-14(3-1)20-16-11-23-26-18(16)7-8-19(20)24-21(15)12-5-6-17-13(9-12)10-22-25-17/h5-11H,1-4H2,(H,22,25)(H,23,26). The second-order valence-electron chi connectivity index (χ2n) is 7.09. The molecular formula is C21H17N5. The number of aryl methyl sites for hydroxylation is 1. The zero-order valence-corrected chi connectivity index (χ0v) is 14.2. The first kappa shape index (κ1) is 14.0.